The summed E-state index contributed by atoms with van der Waals surface area (Å²) in [6, 6.07) is 0.418. The Labute approximate surface area is 67.4 Å². The summed E-state index contributed by atoms with van der Waals surface area (Å²) in [7, 11) is 1.80. The largest absolute Gasteiger partial charge is 0.389 e. The van der Waals surface area contributed by atoms with Crippen LogP contribution in [0.25, 0.3) is 0 Å². The normalized spacial score (nSPS) is 9.40. The molecule has 0 saturated heterocycles. The minimum Gasteiger partial charge on any atom is -0.389 e. The first-order chi connectivity index (χ1) is 4.86. The molecule has 0 aliphatic rings. The van der Waals surface area contributed by atoms with Crippen LogP contribution in [0.5, 0.6) is 6.01 Å². The van der Waals surface area contributed by atoms with Crippen LogP contribution in [0, 0.1) is 0 Å². The van der Waals surface area contributed by atoms with Gasteiger partial charge in [-0.15, -0.1) is 4.37 Å². The molecule has 1 rings (SSSR count). The lowest BCUT2D eigenvalue weighted by Gasteiger charge is -1.89. The molecule has 1 aromatic rings. The van der Waals surface area contributed by atoms with Crippen molar-refractivity contribution in [2.24, 2.45) is 0 Å². The summed E-state index contributed by atoms with van der Waals surface area (Å²) in [5.41, 5.74) is 0. The molecule has 0 aliphatic heterocycles. The first kappa shape index (κ1) is 7.62. The molecular weight excluding hydrogens is 170 g/mol. The van der Waals surface area contributed by atoms with Gasteiger partial charge in [0.2, 0.25) is 5.13 Å². The van der Waals surface area contributed by atoms with Crippen LogP contribution in [0.4, 0.5) is 5.13 Å². The van der Waals surface area contributed by atoms with Crippen LogP contribution < -0.4 is 9.50 Å². The topological polar surface area (TPSA) is 47.0 Å². The highest BCUT2D eigenvalue weighted by atomic mass is 32.2. The van der Waals surface area contributed by atoms with E-state index < -0.39 is 0 Å². The SMILES string of the molecule is CNc1nc(OSC)ns1. The Hall–Kier alpha value is -0.490. The lowest BCUT2D eigenvalue weighted by atomic mass is 11.1. The molecule has 0 unspecified atom stereocenters. The number of aromatic nitrogens is 2. The summed E-state index contributed by atoms with van der Waals surface area (Å²) in [6.07, 6.45) is 1.82. The van der Waals surface area contributed by atoms with Crippen molar-refractivity contribution in [3.8, 4) is 6.01 Å². The molecule has 56 valence electrons. The van der Waals surface area contributed by atoms with E-state index in [0.29, 0.717) is 6.01 Å². The molecule has 1 aromatic heterocycles. The summed E-state index contributed by atoms with van der Waals surface area (Å²) < 4.78 is 8.85. The van der Waals surface area contributed by atoms with Gasteiger partial charge in [0.25, 0.3) is 0 Å². The van der Waals surface area contributed by atoms with E-state index in [0.717, 1.165) is 5.13 Å². The first-order valence-corrected chi connectivity index (χ1v) is 4.51. The molecule has 0 aromatic carbocycles. The second kappa shape index (κ2) is 3.62. The second-order valence-corrected chi connectivity index (χ2v) is 2.63. The van der Waals surface area contributed by atoms with Crippen molar-refractivity contribution in [1.82, 2.24) is 9.36 Å². The van der Waals surface area contributed by atoms with E-state index >= 15 is 0 Å². The maximum Gasteiger partial charge on any atom is 0.342 e. The molecule has 0 bridgehead atoms. The van der Waals surface area contributed by atoms with Crippen molar-refractivity contribution in [3.63, 3.8) is 0 Å². The fourth-order valence-electron chi connectivity index (χ4n) is 0.420. The molecule has 0 fully saturated rings. The molecule has 0 spiro atoms. The smallest absolute Gasteiger partial charge is 0.342 e. The Morgan fingerprint density at radius 1 is 1.70 bits per heavy atom. The Balaban J connectivity index is 2.59. The highest BCUT2D eigenvalue weighted by molar-refractivity contribution is 7.94. The van der Waals surface area contributed by atoms with E-state index in [4.69, 9.17) is 4.18 Å². The molecule has 0 aliphatic carbocycles. The Kier molecular flexibility index (Phi) is 2.76. The van der Waals surface area contributed by atoms with E-state index in [9.17, 15) is 0 Å². The van der Waals surface area contributed by atoms with Crippen molar-refractivity contribution in [2.45, 2.75) is 0 Å². The summed E-state index contributed by atoms with van der Waals surface area (Å²) in [6.45, 7) is 0. The highest BCUT2D eigenvalue weighted by Crippen LogP contribution is 2.17. The standard InChI is InChI=1S/C4H7N3OS2/c1-5-4-6-3(7-10-4)8-9-2/h1-2H3,(H,5,6,7). The third-order valence-corrected chi connectivity index (χ3v) is 1.81. The molecule has 0 atom stereocenters. The van der Waals surface area contributed by atoms with Crippen molar-refractivity contribution in [1.29, 1.82) is 0 Å². The molecule has 1 heterocycles. The van der Waals surface area contributed by atoms with Crippen LogP contribution in [0.1, 0.15) is 0 Å². The van der Waals surface area contributed by atoms with Crippen LogP contribution in [0.3, 0.4) is 0 Å². The third kappa shape index (κ3) is 1.74. The average molecular weight is 177 g/mol. The van der Waals surface area contributed by atoms with Gasteiger partial charge >= 0.3 is 6.01 Å². The number of nitrogens with zero attached hydrogens (tertiary/aromatic N) is 2. The lowest BCUT2D eigenvalue weighted by molar-refractivity contribution is 0.602. The van der Waals surface area contributed by atoms with Crippen LogP contribution in [-0.2, 0) is 0 Å². The summed E-state index contributed by atoms with van der Waals surface area (Å²) >= 11 is 2.51. The molecular formula is C4H7N3OS2. The fourth-order valence-corrected chi connectivity index (χ4v) is 1.14. The summed E-state index contributed by atoms with van der Waals surface area (Å²) in [4.78, 5) is 3.97. The minimum atomic E-state index is 0.418. The maximum atomic E-state index is 4.95. The van der Waals surface area contributed by atoms with Crippen molar-refractivity contribution in [2.75, 3.05) is 18.6 Å². The van der Waals surface area contributed by atoms with Crippen molar-refractivity contribution >= 4 is 28.7 Å². The maximum absolute atomic E-state index is 4.95. The lowest BCUT2D eigenvalue weighted by Crippen LogP contribution is -1.86. The zero-order valence-electron chi connectivity index (χ0n) is 5.62. The predicted octanol–water partition coefficient (Wildman–Crippen LogP) is 1.24. The molecule has 10 heavy (non-hydrogen) atoms. The van der Waals surface area contributed by atoms with Gasteiger partial charge in [0.15, 0.2) is 0 Å². The fraction of sp³-hybridized carbons (Fsp3) is 0.500. The van der Waals surface area contributed by atoms with E-state index in [2.05, 4.69) is 14.7 Å². The Morgan fingerprint density at radius 2 is 2.50 bits per heavy atom. The number of nitrogens with one attached hydrogen (secondary N) is 1. The zero-order valence-corrected chi connectivity index (χ0v) is 7.25. The van der Waals surface area contributed by atoms with Crippen LogP contribution in [0.2, 0.25) is 0 Å². The van der Waals surface area contributed by atoms with Gasteiger partial charge in [0.05, 0.1) is 12.0 Å². The van der Waals surface area contributed by atoms with Crippen LogP contribution in [0.15, 0.2) is 0 Å². The van der Waals surface area contributed by atoms with Gasteiger partial charge in [0.1, 0.15) is 0 Å². The zero-order chi connectivity index (χ0) is 7.40. The number of rotatable bonds is 3. The molecule has 6 heteroatoms. The number of hydrogen-bond acceptors (Lipinski definition) is 6. The van der Waals surface area contributed by atoms with Gasteiger partial charge in [0, 0.05) is 24.8 Å². The van der Waals surface area contributed by atoms with Crippen LogP contribution >= 0.6 is 23.6 Å². The van der Waals surface area contributed by atoms with Crippen molar-refractivity contribution in [3.05, 3.63) is 0 Å². The Bertz CT molecular complexity index is 202. The number of anilines is 1. The third-order valence-electron chi connectivity index (χ3n) is 0.779. The molecule has 0 amide bonds. The molecule has 1 N–H and O–H groups in total. The Morgan fingerprint density at radius 3 is 3.00 bits per heavy atom. The number of hydrogen-bond donors (Lipinski definition) is 1. The van der Waals surface area contributed by atoms with Gasteiger partial charge in [-0.1, -0.05) is 0 Å². The second-order valence-electron chi connectivity index (χ2n) is 1.38. The quantitative estimate of drug-likeness (QED) is 0.704. The van der Waals surface area contributed by atoms with Gasteiger partial charge in [-0.05, 0) is 0 Å². The van der Waals surface area contributed by atoms with Crippen molar-refractivity contribution < 1.29 is 4.18 Å². The minimum absolute atomic E-state index is 0.418. The van der Waals surface area contributed by atoms with Gasteiger partial charge in [-0.3, -0.25) is 0 Å². The summed E-state index contributed by atoms with van der Waals surface area (Å²) in [5.74, 6) is 0. The van der Waals surface area contributed by atoms with E-state index in [1.54, 1.807) is 7.05 Å². The van der Waals surface area contributed by atoms with E-state index in [-0.39, 0.29) is 0 Å². The van der Waals surface area contributed by atoms with Gasteiger partial charge in [-0.2, -0.15) is 4.98 Å². The highest BCUT2D eigenvalue weighted by Gasteiger charge is 2.00. The monoisotopic (exact) mass is 177 g/mol. The predicted molar refractivity (Wildman–Crippen MR) is 43.6 cm³/mol. The molecule has 4 nitrogen and oxygen atoms in total. The molecule has 0 radical (unpaired) electrons. The van der Waals surface area contributed by atoms with Gasteiger partial charge < -0.3 is 9.50 Å². The van der Waals surface area contributed by atoms with E-state index in [1.807, 2.05) is 6.26 Å². The average Bonchev–Trinajstić information content (AvgIpc) is 2.37. The van der Waals surface area contributed by atoms with Gasteiger partial charge in [-0.25, -0.2) is 0 Å². The summed E-state index contributed by atoms with van der Waals surface area (Å²) in [5, 5.41) is 3.63. The first-order valence-electron chi connectivity index (χ1n) is 2.59. The molecule has 0 saturated carbocycles. The van der Waals surface area contributed by atoms with Crippen LogP contribution in [-0.4, -0.2) is 22.7 Å². The van der Waals surface area contributed by atoms with E-state index in [1.165, 1.54) is 23.6 Å².